The lowest BCUT2D eigenvalue weighted by atomic mass is 10.0. The van der Waals surface area contributed by atoms with Crippen molar-refractivity contribution >= 4 is 6.29 Å². The Morgan fingerprint density at radius 3 is 2.79 bits per heavy atom. The zero-order chi connectivity index (χ0) is 9.80. The average Bonchev–Trinajstić information content (AvgIpc) is 2.30. The molecule has 0 saturated heterocycles. The summed E-state index contributed by atoms with van der Waals surface area (Å²) in [5, 5.41) is 0. The summed E-state index contributed by atoms with van der Waals surface area (Å²) in [6, 6.07) is 9.93. The van der Waals surface area contributed by atoms with Gasteiger partial charge in [-0.25, -0.2) is 0 Å². The molecule has 2 nitrogen and oxygen atoms in total. The highest BCUT2D eigenvalue weighted by Crippen LogP contribution is 2.24. The molecule has 0 bridgehead atoms. The molecule has 0 N–H and O–H groups in total. The zero-order valence-electron chi connectivity index (χ0n) is 7.85. The van der Waals surface area contributed by atoms with E-state index in [0.29, 0.717) is 6.61 Å². The number of aldehydes is 1. The molecule has 2 heteroatoms. The third-order valence-electron chi connectivity index (χ3n) is 2.33. The van der Waals surface area contributed by atoms with Crippen LogP contribution in [-0.4, -0.2) is 12.9 Å². The van der Waals surface area contributed by atoms with Crippen LogP contribution in [0.25, 0.3) is 0 Å². The minimum absolute atomic E-state index is 0.0508. The van der Waals surface area contributed by atoms with Crippen LogP contribution in [0.4, 0.5) is 0 Å². The molecule has 1 aliphatic heterocycles. The number of benzene rings is 1. The highest BCUT2D eigenvalue weighted by molar-refractivity contribution is 5.73. The molecule has 72 valence electrons. The van der Waals surface area contributed by atoms with Gasteiger partial charge in [-0.1, -0.05) is 30.3 Å². The predicted molar refractivity (Wildman–Crippen MR) is 53.9 cm³/mol. The third kappa shape index (κ3) is 1.91. The second-order valence-electron chi connectivity index (χ2n) is 3.31. The van der Waals surface area contributed by atoms with Gasteiger partial charge < -0.3 is 4.74 Å². The number of hydrogen-bond acceptors (Lipinski definition) is 2. The van der Waals surface area contributed by atoms with E-state index in [9.17, 15) is 4.79 Å². The van der Waals surface area contributed by atoms with E-state index < -0.39 is 0 Å². The lowest BCUT2D eigenvalue weighted by molar-refractivity contribution is -0.105. The summed E-state index contributed by atoms with van der Waals surface area (Å²) < 4.78 is 5.56. The van der Waals surface area contributed by atoms with Crippen LogP contribution in [0.5, 0.6) is 0 Å². The van der Waals surface area contributed by atoms with Gasteiger partial charge in [-0.3, -0.25) is 4.79 Å². The molecule has 1 aliphatic rings. The molecule has 0 aromatic heterocycles. The van der Waals surface area contributed by atoms with Gasteiger partial charge in [0, 0.05) is 0 Å². The lowest BCUT2D eigenvalue weighted by Crippen LogP contribution is -2.10. The van der Waals surface area contributed by atoms with Gasteiger partial charge in [-0.15, -0.1) is 0 Å². The van der Waals surface area contributed by atoms with E-state index in [1.165, 1.54) is 0 Å². The van der Waals surface area contributed by atoms with Crippen LogP contribution in [0.1, 0.15) is 18.1 Å². The van der Waals surface area contributed by atoms with E-state index in [-0.39, 0.29) is 6.10 Å². The van der Waals surface area contributed by atoms with Gasteiger partial charge in [0.2, 0.25) is 0 Å². The van der Waals surface area contributed by atoms with Crippen LogP contribution in [0.15, 0.2) is 42.0 Å². The minimum Gasteiger partial charge on any atom is -0.369 e. The Labute approximate surface area is 83.2 Å². The van der Waals surface area contributed by atoms with E-state index in [2.05, 4.69) is 0 Å². The lowest BCUT2D eigenvalue weighted by Gasteiger charge is -2.19. The third-order valence-corrected chi connectivity index (χ3v) is 2.33. The van der Waals surface area contributed by atoms with Gasteiger partial charge in [0.15, 0.2) is 0 Å². The van der Waals surface area contributed by atoms with E-state index in [0.717, 1.165) is 23.8 Å². The second kappa shape index (κ2) is 4.20. The van der Waals surface area contributed by atoms with Crippen LogP contribution in [0, 0.1) is 0 Å². The maximum absolute atomic E-state index is 10.6. The first-order valence-electron chi connectivity index (χ1n) is 4.72. The van der Waals surface area contributed by atoms with E-state index in [1.54, 1.807) is 0 Å². The Hall–Kier alpha value is -1.41. The molecule has 0 spiro atoms. The van der Waals surface area contributed by atoms with Crippen LogP contribution >= 0.6 is 0 Å². The fourth-order valence-electron chi connectivity index (χ4n) is 1.56. The molecule has 2 rings (SSSR count). The van der Waals surface area contributed by atoms with Crippen LogP contribution < -0.4 is 0 Å². The maximum atomic E-state index is 10.6. The Morgan fingerprint density at radius 2 is 2.07 bits per heavy atom. The van der Waals surface area contributed by atoms with Gasteiger partial charge in [0.25, 0.3) is 0 Å². The standard InChI is InChI=1S/C12H12O2/c13-9-10-6-7-14-12(8-10)11-4-2-1-3-5-11/h1-5,8-9,12H,6-7H2. The van der Waals surface area contributed by atoms with Crippen LogP contribution in [0.2, 0.25) is 0 Å². The van der Waals surface area contributed by atoms with Crippen molar-refractivity contribution in [1.82, 2.24) is 0 Å². The van der Waals surface area contributed by atoms with E-state index in [4.69, 9.17) is 4.74 Å². The maximum Gasteiger partial charge on any atom is 0.145 e. The van der Waals surface area contributed by atoms with Crippen LogP contribution in [-0.2, 0) is 9.53 Å². The summed E-state index contributed by atoms with van der Waals surface area (Å²) >= 11 is 0. The summed E-state index contributed by atoms with van der Waals surface area (Å²) in [5.41, 5.74) is 1.94. The van der Waals surface area contributed by atoms with Crippen LogP contribution in [0.3, 0.4) is 0 Å². The zero-order valence-corrected chi connectivity index (χ0v) is 7.85. The number of hydrogen-bond donors (Lipinski definition) is 0. The summed E-state index contributed by atoms with van der Waals surface area (Å²) in [7, 11) is 0. The molecule has 1 aromatic carbocycles. The second-order valence-corrected chi connectivity index (χ2v) is 3.31. The highest BCUT2D eigenvalue weighted by atomic mass is 16.5. The van der Waals surface area contributed by atoms with Gasteiger partial charge in [0.05, 0.1) is 6.61 Å². The Balaban J connectivity index is 2.23. The van der Waals surface area contributed by atoms with Crippen molar-refractivity contribution < 1.29 is 9.53 Å². The van der Waals surface area contributed by atoms with Crippen molar-refractivity contribution in [2.24, 2.45) is 0 Å². The largest absolute Gasteiger partial charge is 0.369 e. The molecular weight excluding hydrogens is 176 g/mol. The molecule has 1 atom stereocenters. The summed E-state index contributed by atoms with van der Waals surface area (Å²) in [6.45, 7) is 0.629. The fraction of sp³-hybridized carbons (Fsp3) is 0.250. The molecule has 1 unspecified atom stereocenters. The van der Waals surface area contributed by atoms with Gasteiger partial charge in [0.1, 0.15) is 12.4 Å². The molecule has 0 radical (unpaired) electrons. The molecule has 0 fully saturated rings. The summed E-state index contributed by atoms with van der Waals surface area (Å²) in [4.78, 5) is 10.6. The average molecular weight is 188 g/mol. The molecule has 0 amide bonds. The number of carbonyl (C=O) groups excluding carboxylic acids is 1. The fourth-order valence-corrected chi connectivity index (χ4v) is 1.56. The summed E-state index contributed by atoms with van der Waals surface area (Å²) in [6.07, 6.45) is 3.49. The topological polar surface area (TPSA) is 26.3 Å². The smallest absolute Gasteiger partial charge is 0.145 e. The van der Waals surface area contributed by atoms with E-state index >= 15 is 0 Å². The molecule has 1 heterocycles. The monoisotopic (exact) mass is 188 g/mol. The molecular formula is C12H12O2. The van der Waals surface area contributed by atoms with E-state index in [1.807, 2.05) is 36.4 Å². The van der Waals surface area contributed by atoms with Crippen molar-refractivity contribution in [2.75, 3.05) is 6.61 Å². The highest BCUT2D eigenvalue weighted by Gasteiger charge is 2.14. The van der Waals surface area contributed by atoms with Crippen molar-refractivity contribution in [3.63, 3.8) is 0 Å². The SMILES string of the molecule is O=CC1=CC(c2ccccc2)OCC1. The van der Waals surface area contributed by atoms with Crippen molar-refractivity contribution in [2.45, 2.75) is 12.5 Å². The first-order valence-corrected chi connectivity index (χ1v) is 4.72. The van der Waals surface area contributed by atoms with Crippen molar-refractivity contribution in [1.29, 1.82) is 0 Å². The molecule has 0 aliphatic carbocycles. The predicted octanol–water partition coefficient (Wildman–Crippen LogP) is 2.27. The Kier molecular flexibility index (Phi) is 2.75. The van der Waals surface area contributed by atoms with Gasteiger partial charge in [-0.2, -0.15) is 0 Å². The molecule has 0 saturated carbocycles. The van der Waals surface area contributed by atoms with Crippen molar-refractivity contribution in [3.8, 4) is 0 Å². The first kappa shape index (κ1) is 9.16. The molecule has 14 heavy (non-hydrogen) atoms. The normalized spacial score (nSPS) is 21.4. The van der Waals surface area contributed by atoms with Gasteiger partial charge >= 0.3 is 0 Å². The summed E-state index contributed by atoms with van der Waals surface area (Å²) in [5.74, 6) is 0. The quantitative estimate of drug-likeness (QED) is 0.665. The molecule has 1 aromatic rings. The van der Waals surface area contributed by atoms with Gasteiger partial charge in [-0.05, 0) is 23.6 Å². The first-order chi connectivity index (χ1) is 6.90. The minimum atomic E-state index is -0.0508. The Bertz CT molecular complexity index is 341. The number of carbonyl (C=O) groups is 1. The number of ether oxygens (including phenoxy) is 1. The Morgan fingerprint density at radius 1 is 1.29 bits per heavy atom. The number of rotatable bonds is 2. The van der Waals surface area contributed by atoms with Crippen molar-refractivity contribution in [3.05, 3.63) is 47.5 Å².